The van der Waals surface area contributed by atoms with Gasteiger partial charge in [0.15, 0.2) is 0 Å². The van der Waals surface area contributed by atoms with Crippen molar-refractivity contribution in [1.29, 1.82) is 0 Å². The Hall–Kier alpha value is -3.39. The molecular formula is C24H23FN2O4S. The van der Waals surface area contributed by atoms with Crippen LogP contribution in [0.25, 0.3) is 0 Å². The Labute approximate surface area is 186 Å². The summed E-state index contributed by atoms with van der Waals surface area (Å²) >= 11 is 0. The highest BCUT2D eigenvalue weighted by atomic mass is 32.2. The lowest BCUT2D eigenvalue weighted by Crippen LogP contribution is -2.30. The fraction of sp³-hybridized carbons (Fsp3) is 0.208. The van der Waals surface area contributed by atoms with E-state index in [1.807, 2.05) is 12.1 Å². The van der Waals surface area contributed by atoms with Crippen molar-refractivity contribution in [3.05, 3.63) is 89.2 Å². The lowest BCUT2D eigenvalue weighted by molar-refractivity contribution is 0.0951. The Balaban J connectivity index is 1.55. The molecule has 0 bridgehead atoms. The summed E-state index contributed by atoms with van der Waals surface area (Å²) < 4.78 is 46.6. The highest BCUT2D eigenvalue weighted by Crippen LogP contribution is 2.33. The third-order valence-electron chi connectivity index (χ3n) is 5.44. The number of carbonyl (C=O) groups excluding carboxylic acids is 1. The second-order valence-corrected chi connectivity index (χ2v) is 9.32. The van der Waals surface area contributed by atoms with Crippen molar-refractivity contribution >= 4 is 21.6 Å². The molecule has 8 heteroatoms. The Morgan fingerprint density at radius 1 is 1.09 bits per heavy atom. The molecule has 1 amide bonds. The van der Waals surface area contributed by atoms with Gasteiger partial charge in [0, 0.05) is 13.1 Å². The summed E-state index contributed by atoms with van der Waals surface area (Å²) in [7, 11) is -2.42. The first-order valence-corrected chi connectivity index (χ1v) is 11.7. The van der Waals surface area contributed by atoms with Crippen molar-refractivity contribution < 1.29 is 22.3 Å². The van der Waals surface area contributed by atoms with Gasteiger partial charge in [-0.2, -0.15) is 0 Å². The van der Waals surface area contributed by atoms with E-state index < -0.39 is 15.9 Å². The van der Waals surface area contributed by atoms with E-state index >= 15 is 0 Å². The van der Waals surface area contributed by atoms with Crippen molar-refractivity contribution in [3.8, 4) is 5.75 Å². The molecule has 1 heterocycles. The van der Waals surface area contributed by atoms with Crippen LogP contribution in [0.1, 0.15) is 21.5 Å². The minimum absolute atomic E-state index is 0.0188. The summed E-state index contributed by atoms with van der Waals surface area (Å²) in [4.78, 5) is 12.8. The Bertz CT molecular complexity index is 1260. The van der Waals surface area contributed by atoms with E-state index in [0.29, 0.717) is 25.1 Å². The number of rotatable bonds is 7. The summed E-state index contributed by atoms with van der Waals surface area (Å²) in [5.41, 5.74) is 2.51. The van der Waals surface area contributed by atoms with Crippen LogP contribution in [0, 0.1) is 5.82 Å². The summed E-state index contributed by atoms with van der Waals surface area (Å²) in [5.74, 6) is -0.525. The van der Waals surface area contributed by atoms with Crippen LogP contribution in [0.4, 0.5) is 10.1 Å². The average molecular weight is 455 g/mol. The van der Waals surface area contributed by atoms with E-state index in [1.54, 1.807) is 24.3 Å². The van der Waals surface area contributed by atoms with Gasteiger partial charge in [-0.05, 0) is 60.4 Å². The largest absolute Gasteiger partial charge is 0.496 e. The maximum atomic E-state index is 13.3. The molecule has 32 heavy (non-hydrogen) atoms. The summed E-state index contributed by atoms with van der Waals surface area (Å²) in [6.07, 6.45) is 1.08. The molecule has 166 valence electrons. The van der Waals surface area contributed by atoms with Gasteiger partial charge < -0.3 is 10.1 Å². The minimum Gasteiger partial charge on any atom is -0.496 e. The van der Waals surface area contributed by atoms with Crippen molar-refractivity contribution in [2.75, 3.05) is 24.5 Å². The maximum Gasteiger partial charge on any atom is 0.264 e. The first-order chi connectivity index (χ1) is 15.4. The number of anilines is 1. The highest BCUT2D eigenvalue weighted by Gasteiger charge is 2.31. The lowest BCUT2D eigenvalue weighted by atomic mass is 10.1. The van der Waals surface area contributed by atoms with Gasteiger partial charge in [-0.1, -0.05) is 30.3 Å². The first kappa shape index (κ1) is 21.8. The number of nitrogens with one attached hydrogen (secondary N) is 1. The third-order valence-corrected chi connectivity index (χ3v) is 7.25. The zero-order valence-electron chi connectivity index (χ0n) is 17.5. The van der Waals surface area contributed by atoms with Crippen molar-refractivity contribution in [2.45, 2.75) is 17.7 Å². The fourth-order valence-electron chi connectivity index (χ4n) is 3.82. The Kier molecular flexibility index (Phi) is 6.14. The van der Waals surface area contributed by atoms with Crippen LogP contribution in [-0.4, -0.2) is 34.5 Å². The van der Waals surface area contributed by atoms with Crippen LogP contribution in [0.15, 0.2) is 71.6 Å². The third kappa shape index (κ3) is 4.31. The van der Waals surface area contributed by atoms with Crippen molar-refractivity contribution in [2.24, 2.45) is 0 Å². The van der Waals surface area contributed by atoms with Gasteiger partial charge in [-0.25, -0.2) is 12.8 Å². The zero-order valence-corrected chi connectivity index (χ0v) is 18.4. The summed E-state index contributed by atoms with van der Waals surface area (Å²) in [5, 5.41) is 2.76. The number of benzene rings is 3. The number of amides is 1. The predicted octanol–water partition coefficient (Wildman–Crippen LogP) is 3.56. The number of carbonyl (C=O) groups is 1. The molecular weight excluding hydrogens is 431 g/mol. The molecule has 0 saturated heterocycles. The van der Waals surface area contributed by atoms with Crippen LogP contribution in [0.2, 0.25) is 0 Å². The van der Waals surface area contributed by atoms with E-state index in [9.17, 15) is 17.6 Å². The monoisotopic (exact) mass is 454 g/mol. The van der Waals surface area contributed by atoms with Crippen LogP contribution in [-0.2, 0) is 22.9 Å². The van der Waals surface area contributed by atoms with Crippen LogP contribution in [0.5, 0.6) is 5.75 Å². The minimum atomic E-state index is -3.85. The molecule has 0 radical (unpaired) electrons. The molecule has 4 rings (SSSR count). The number of fused-ring (bicyclic) bond motifs is 1. The van der Waals surface area contributed by atoms with Gasteiger partial charge >= 0.3 is 0 Å². The molecule has 1 N–H and O–H groups in total. The van der Waals surface area contributed by atoms with Crippen LogP contribution < -0.4 is 14.4 Å². The quantitative estimate of drug-likeness (QED) is 0.592. The topological polar surface area (TPSA) is 75.7 Å². The number of methoxy groups -OCH3 is 1. The Morgan fingerprint density at radius 2 is 1.91 bits per heavy atom. The second-order valence-electron chi connectivity index (χ2n) is 7.45. The molecule has 3 aromatic carbocycles. The van der Waals surface area contributed by atoms with E-state index in [-0.39, 0.29) is 28.6 Å². The molecule has 1 aliphatic rings. The first-order valence-electron chi connectivity index (χ1n) is 10.2. The van der Waals surface area contributed by atoms with E-state index in [2.05, 4.69) is 5.32 Å². The lowest BCUT2D eigenvalue weighted by Gasteiger charge is -2.20. The predicted molar refractivity (Wildman–Crippen MR) is 120 cm³/mol. The van der Waals surface area contributed by atoms with Gasteiger partial charge in [0.2, 0.25) is 0 Å². The molecule has 0 unspecified atom stereocenters. The number of halogens is 1. The number of hydrogen-bond donors (Lipinski definition) is 1. The molecule has 0 spiro atoms. The van der Waals surface area contributed by atoms with Gasteiger partial charge in [-0.3, -0.25) is 9.10 Å². The molecule has 1 aliphatic heterocycles. The van der Waals surface area contributed by atoms with Crippen LogP contribution >= 0.6 is 0 Å². The number of ether oxygens (including phenoxy) is 1. The number of sulfonamides is 1. The van der Waals surface area contributed by atoms with E-state index in [4.69, 9.17) is 4.74 Å². The van der Waals surface area contributed by atoms with Gasteiger partial charge in [0.05, 0.1) is 23.3 Å². The Morgan fingerprint density at radius 3 is 2.69 bits per heavy atom. The molecule has 0 fully saturated rings. The molecule has 3 aromatic rings. The van der Waals surface area contributed by atoms with Crippen molar-refractivity contribution in [3.63, 3.8) is 0 Å². The zero-order chi connectivity index (χ0) is 22.7. The fourth-order valence-corrected chi connectivity index (χ4v) is 5.35. The van der Waals surface area contributed by atoms with E-state index in [0.717, 1.165) is 11.1 Å². The summed E-state index contributed by atoms with van der Waals surface area (Å²) in [6.45, 7) is 0.616. The maximum absolute atomic E-state index is 13.3. The second kappa shape index (κ2) is 9.00. The number of hydrogen-bond acceptors (Lipinski definition) is 4. The summed E-state index contributed by atoms with van der Waals surface area (Å²) in [6, 6.07) is 17.8. The normalized spacial score (nSPS) is 13.0. The highest BCUT2D eigenvalue weighted by molar-refractivity contribution is 7.92. The average Bonchev–Trinajstić information content (AvgIpc) is 3.23. The molecule has 0 saturated carbocycles. The molecule has 6 nitrogen and oxygen atoms in total. The smallest absolute Gasteiger partial charge is 0.264 e. The molecule has 0 atom stereocenters. The van der Waals surface area contributed by atoms with E-state index in [1.165, 1.54) is 41.7 Å². The SMILES string of the molecule is COc1ccc(S(=O)(=O)N2CCc3ccccc32)cc1C(=O)NCCc1cccc(F)c1. The number of para-hydroxylation sites is 1. The standard InChI is InChI=1S/C24H23FN2O4S/c1-31-23-10-9-20(32(29,30)27-14-12-18-6-2-3-8-22(18)27)16-21(23)24(28)26-13-11-17-5-4-7-19(25)15-17/h2-10,15-16H,11-14H2,1H3,(H,26,28). The van der Waals surface area contributed by atoms with Gasteiger partial charge in [0.1, 0.15) is 11.6 Å². The molecule has 0 aromatic heterocycles. The van der Waals surface area contributed by atoms with Gasteiger partial charge in [0.25, 0.3) is 15.9 Å². The van der Waals surface area contributed by atoms with Crippen LogP contribution in [0.3, 0.4) is 0 Å². The number of nitrogens with zero attached hydrogens (tertiary/aromatic N) is 1. The van der Waals surface area contributed by atoms with Crippen molar-refractivity contribution in [1.82, 2.24) is 5.32 Å². The van der Waals surface area contributed by atoms with Gasteiger partial charge in [-0.15, -0.1) is 0 Å². The molecule has 0 aliphatic carbocycles.